The Morgan fingerprint density at radius 2 is 1.56 bits per heavy atom. The first-order valence-corrected chi connectivity index (χ1v) is 12.1. The first kappa shape index (κ1) is 21.1. The Balaban J connectivity index is 1.16. The maximum absolute atomic E-state index is 13.2. The molecule has 2 aromatic carbocycles. The van der Waals surface area contributed by atoms with Crippen LogP contribution < -0.4 is 0 Å². The molecule has 1 amide bonds. The summed E-state index contributed by atoms with van der Waals surface area (Å²) in [7, 11) is 0. The minimum atomic E-state index is -0.252. The summed E-state index contributed by atoms with van der Waals surface area (Å²) in [4.78, 5) is 28.4. The molecule has 2 bridgehead atoms. The second-order valence-electron chi connectivity index (χ2n) is 9.83. The second kappa shape index (κ2) is 8.12. The number of hydrogen-bond acceptors (Lipinski definition) is 5. The molecule has 174 valence electrons. The van der Waals surface area contributed by atoms with Crippen LogP contribution in [0.25, 0.3) is 11.1 Å². The van der Waals surface area contributed by atoms with Crippen LogP contribution in [-0.2, 0) is 4.74 Å². The second-order valence-corrected chi connectivity index (χ2v) is 9.83. The molecular formula is C28H28N2O4. The molecule has 6 rings (SSSR count). The molecule has 0 spiro atoms. The molecule has 1 aliphatic carbocycles. The zero-order valence-electron chi connectivity index (χ0n) is 19.5. The van der Waals surface area contributed by atoms with Crippen LogP contribution in [0.5, 0.6) is 0 Å². The molecule has 3 aromatic rings. The molecule has 6 heteroatoms. The molecule has 3 heterocycles. The number of benzene rings is 2. The number of ether oxygens (including phenoxy) is 1. The van der Waals surface area contributed by atoms with E-state index in [9.17, 15) is 9.59 Å². The number of nitrogens with zero attached hydrogens (tertiary/aromatic N) is 2. The quantitative estimate of drug-likeness (QED) is 0.473. The van der Waals surface area contributed by atoms with Gasteiger partial charge in [-0.05, 0) is 61.8 Å². The van der Waals surface area contributed by atoms with Crippen LogP contribution in [-0.4, -0.2) is 40.6 Å². The molecule has 2 aliphatic heterocycles. The van der Waals surface area contributed by atoms with Gasteiger partial charge in [0.25, 0.3) is 0 Å². The molecule has 0 radical (unpaired) electrons. The van der Waals surface area contributed by atoms with Crippen LogP contribution in [0.2, 0.25) is 0 Å². The van der Waals surface area contributed by atoms with Crippen molar-refractivity contribution in [2.45, 2.75) is 57.5 Å². The van der Waals surface area contributed by atoms with E-state index in [1.807, 2.05) is 24.0 Å². The average molecular weight is 457 g/mol. The smallest absolute Gasteiger partial charge is 0.410 e. The predicted octanol–water partition coefficient (Wildman–Crippen LogP) is 5.67. The number of rotatable bonds is 4. The maximum Gasteiger partial charge on any atom is 0.410 e. The Kier molecular flexibility index (Phi) is 5.05. The summed E-state index contributed by atoms with van der Waals surface area (Å²) in [6.07, 6.45) is 2.92. The van der Waals surface area contributed by atoms with Crippen molar-refractivity contribution in [1.82, 2.24) is 10.1 Å². The lowest BCUT2D eigenvalue weighted by molar-refractivity contribution is 0.0505. The third-order valence-corrected chi connectivity index (χ3v) is 7.93. The van der Waals surface area contributed by atoms with Crippen molar-refractivity contribution in [2.24, 2.45) is 5.92 Å². The molecule has 2 atom stereocenters. The number of amides is 1. The van der Waals surface area contributed by atoms with Gasteiger partial charge >= 0.3 is 6.09 Å². The van der Waals surface area contributed by atoms with Gasteiger partial charge in [0.05, 0.1) is 11.3 Å². The van der Waals surface area contributed by atoms with E-state index in [2.05, 4.69) is 41.6 Å². The topological polar surface area (TPSA) is 72.6 Å². The molecule has 3 aliphatic rings. The van der Waals surface area contributed by atoms with Gasteiger partial charge in [-0.15, -0.1) is 0 Å². The highest BCUT2D eigenvalue weighted by Gasteiger charge is 2.46. The summed E-state index contributed by atoms with van der Waals surface area (Å²) in [6, 6.07) is 16.8. The van der Waals surface area contributed by atoms with Crippen LogP contribution in [0.1, 0.15) is 64.5 Å². The van der Waals surface area contributed by atoms with E-state index < -0.39 is 0 Å². The third kappa shape index (κ3) is 3.27. The first-order chi connectivity index (χ1) is 16.5. The highest BCUT2D eigenvalue weighted by molar-refractivity contribution is 5.99. The van der Waals surface area contributed by atoms with Crippen LogP contribution >= 0.6 is 0 Å². The first-order valence-electron chi connectivity index (χ1n) is 12.1. The van der Waals surface area contributed by atoms with Crippen molar-refractivity contribution in [2.75, 3.05) is 6.61 Å². The van der Waals surface area contributed by atoms with Crippen LogP contribution in [0.15, 0.2) is 53.1 Å². The van der Waals surface area contributed by atoms with Gasteiger partial charge in [0.15, 0.2) is 5.78 Å². The number of carbonyl (C=O) groups excluding carboxylic acids is 2. The minimum Gasteiger partial charge on any atom is -0.448 e. The van der Waals surface area contributed by atoms with Gasteiger partial charge in [0, 0.05) is 23.9 Å². The van der Waals surface area contributed by atoms with Gasteiger partial charge in [-0.3, -0.25) is 4.79 Å². The van der Waals surface area contributed by atoms with E-state index in [0.29, 0.717) is 36.5 Å². The van der Waals surface area contributed by atoms with E-state index in [4.69, 9.17) is 9.26 Å². The lowest BCUT2D eigenvalue weighted by atomic mass is 9.84. The Morgan fingerprint density at radius 3 is 2.12 bits per heavy atom. The van der Waals surface area contributed by atoms with Gasteiger partial charge < -0.3 is 14.2 Å². The number of aromatic nitrogens is 1. The number of hydrogen-bond donors (Lipinski definition) is 0. The average Bonchev–Trinajstić information content (AvgIpc) is 3.45. The molecule has 1 aromatic heterocycles. The Hall–Kier alpha value is -3.41. The van der Waals surface area contributed by atoms with Crippen LogP contribution in [0.4, 0.5) is 4.79 Å². The van der Waals surface area contributed by atoms with Crippen molar-refractivity contribution in [3.8, 4) is 11.1 Å². The lowest BCUT2D eigenvalue weighted by Gasteiger charge is -2.37. The monoisotopic (exact) mass is 456 g/mol. The highest BCUT2D eigenvalue weighted by Crippen LogP contribution is 2.45. The predicted molar refractivity (Wildman–Crippen MR) is 127 cm³/mol. The van der Waals surface area contributed by atoms with Crippen molar-refractivity contribution < 1.29 is 18.8 Å². The van der Waals surface area contributed by atoms with Gasteiger partial charge in [0.2, 0.25) is 0 Å². The van der Waals surface area contributed by atoms with Crippen molar-refractivity contribution in [1.29, 1.82) is 0 Å². The standard InChI is InChI=1S/C28H28N2O4/c1-16-26(17(2)34-29-16)27(31)18-13-19-11-12-20(14-18)30(19)28(32)33-15-25-23-9-5-3-7-21(23)22-8-4-6-10-24(22)25/h3-10,18-20,25H,11-15H2,1-2H3. The van der Waals surface area contributed by atoms with E-state index in [1.165, 1.54) is 22.3 Å². The van der Waals surface area contributed by atoms with E-state index in [-0.39, 0.29) is 35.8 Å². The zero-order valence-corrected chi connectivity index (χ0v) is 19.5. The largest absolute Gasteiger partial charge is 0.448 e. The summed E-state index contributed by atoms with van der Waals surface area (Å²) >= 11 is 0. The Labute approximate surface area is 198 Å². The number of Topliss-reactive ketones (excluding diaryl/α,β-unsaturated/α-hetero) is 1. The SMILES string of the molecule is Cc1noc(C)c1C(=O)C1CC2CCC(C1)N2C(=O)OCC1c2ccccc2-c2ccccc21. The van der Waals surface area contributed by atoms with Crippen molar-refractivity contribution >= 4 is 11.9 Å². The minimum absolute atomic E-state index is 0.0452. The fourth-order valence-corrected chi connectivity index (χ4v) is 6.40. The van der Waals surface area contributed by atoms with Crippen molar-refractivity contribution in [3.63, 3.8) is 0 Å². The Bertz CT molecular complexity index is 1200. The number of ketones is 1. The molecule has 2 saturated heterocycles. The molecule has 2 unspecified atom stereocenters. The number of piperidine rings is 1. The summed E-state index contributed by atoms with van der Waals surface area (Å²) < 4.78 is 11.2. The lowest BCUT2D eigenvalue weighted by Crippen LogP contribution is -2.48. The number of carbonyl (C=O) groups is 2. The number of aryl methyl sites for hydroxylation is 2. The molecule has 34 heavy (non-hydrogen) atoms. The zero-order chi connectivity index (χ0) is 23.4. The third-order valence-electron chi connectivity index (χ3n) is 7.93. The molecule has 2 fully saturated rings. The van der Waals surface area contributed by atoms with Crippen LogP contribution in [0, 0.1) is 19.8 Å². The fourth-order valence-electron chi connectivity index (χ4n) is 6.40. The number of fused-ring (bicyclic) bond motifs is 5. The summed E-state index contributed by atoms with van der Waals surface area (Å²) in [6.45, 7) is 3.92. The van der Waals surface area contributed by atoms with Gasteiger partial charge in [-0.25, -0.2) is 4.79 Å². The Morgan fingerprint density at radius 1 is 0.971 bits per heavy atom. The molecule has 0 N–H and O–H groups in total. The van der Waals surface area contributed by atoms with Gasteiger partial charge in [0.1, 0.15) is 12.4 Å². The van der Waals surface area contributed by atoms with Gasteiger partial charge in [-0.2, -0.15) is 0 Å². The van der Waals surface area contributed by atoms with Gasteiger partial charge in [-0.1, -0.05) is 53.7 Å². The summed E-state index contributed by atoms with van der Waals surface area (Å²) in [5.41, 5.74) is 6.12. The fraction of sp³-hybridized carbons (Fsp3) is 0.393. The molecule has 6 nitrogen and oxygen atoms in total. The summed E-state index contributed by atoms with van der Waals surface area (Å²) in [5.74, 6) is 0.619. The van der Waals surface area contributed by atoms with Crippen LogP contribution in [0.3, 0.4) is 0 Å². The normalized spacial score (nSPS) is 23.0. The summed E-state index contributed by atoms with van der Waals surface area (Å²) in [5, 5.41) is 3.94. The van der Waals surface area contributed by atoms with E-state index >= 15 is 0 Å². The van der Waals surface area contributed by atoms with E-state index in [0.717, 1.165) is 12.8 Å². The molecular weight excluding hydrogens is 428 g/mol. The highest BCUT2D eigenvalue weighted by atomic mass is 16.6. The van der Waals surface area contributed by atoms with Crippen molar-refractivity contribution in [3.05, 3.63) is 76.7 Å². The van der Waals surface area contributed by atoms with E-state index in [1.54, 1.807) is 6.92 Å². The molecule has 0 saturated carbocycles. The maximum atomic E-state index is 13.2.